The van der Waals surface area contributed by atoms with Crippen LogP contribution < -0.4 is 9.80 Å². The Morgan fingerprint density at radius 1 is 0.591 bits per heavy atom. The lowest BCUT2D eigenvalue weighted by atomic mass is 9.87. The van der Waals surface area contributed by atoms with E-state index in [1.807, 2.05) is 18.0 Å². The Morgan fingerprint density at radius 3 is 2.00 bits per heavy atom. The molecule has 0 spiro atoms. The number of hydrogen-bond acceptors (Lipinski definition) is 5. The van der Waals surface area contributed by atoms with Gasteiger partial charge in [0.2, 0.25) is 0 Å². The average Bonchev–Trinajstić information content (AvgIpc) is 3.07. The number of aromatic nitrogens is 2. The highest BCUT2D eigenvalue weighted by Gasteiger charge is 2.34. The molecule has 44 heavy (non-hydrogen) atoms. The third-order valence-corrected chi connectivity index (χ3v) is 10.1. The predicted molar refractivity (Wildman–Crippen MR) is 183 cm³/mol. The number of rotatable bonds is 2. The molecule has 5 aromatic carbocycles. The second-order valence-electron chi connectivity index (χ2n) is 11.5. The number of aryl methyl sites for hydroxylation is 1. The van der Waals surface area contributed by atoms with E-state index < -0.39 is 0 Å². The van der Waals surface area contributed by atoms with Crippen LogP contribution in [-0.2, 0) is 0 Å². The van der Waals surface area contributed by atoms with Gasteiger partial charge in [0.05, 0.1) is 39.8 Å². The molecular formula is C39H28N4S. The van der Waals surface area contributed by atoms with Gasteiger partial charge in [-0.05, 0) is 79.6 Å². The van der Waals surface area contributed by atoms with Crippen LogP contribution >= 0.6 is 11.8 Å². The molecule has 0 bridgehead atoms. The van der Waals surface area contributed by atoms with Crippen molar-refractivity contribution >= 4 is 62.0 Å². The van der Waals surface area contributed by atoms with Crippen molar-refractivity contribution in [2.24, 2.45) is 0 Å². The Bertz CT molecular complexity index is 2230. The first-order valence-electron chi connectivity index (χ1n) is 15.0. The van der Waals surface area contributed by atoms with Gasteiger partial charge in [0.1, 0.15) is 0 Å². The van der Waals surface area contributed by atoms with Crippen molar-refractivity contribution in [2.45, 2.75) is 29.7 Å². The number of anilines is 5. The van der Waals surface area contributed by atoms with E-state index >= 15 is 0 Å². The molecule has 0 saturated heterocycles. The minimum atomic E-state index is 0.0921. The summed E-state index contributed by atoms with van der Waals surface area (Å²) in [6.07, 6.45) is 1.92. The second-order valence-corrected chi connectivity index (χ2v) is 12.6. The Morgan fingerprint density at radius 2 is 1.23 bits per heavy atom. The predicted octanol–water partition coefficient (Wildman–Crippen LogP) is 10.9. The van der Waals surface area contributed by atoms with Crippen molar-refractivity contribution in [3.05, 3.63) is 139 Å². The Kier molecular flexibility index (Phi) is 5.59. The minimum Gasteiger partial charge on any atom is -0.331 e. The van der Waals surface area contributed by atoms with E-state index in [0.717, 1.165) is 50.2 Å². The third kappa shape index (κ3) is 3.60. The maximum Gasteiger partial charge on any atom is 0.0974 e. The normalized spacial score (nSPS) is 15.1. The van der Waals surface area contributed by atoms with E-state index in [0.29, 0.717) is 0 Å². The van der Waals surface area contributed by atoms with Gasteiger partial charge in [-0.2, -0.15) is 0 Å². The van der Waals surface area contributed by atoms with Crippen molar-refractivity contribution in [3.8, 4) is 11.1 Å². The van der Waals surface area contributed by atoms with E-state index in [4.69, 9.17) is 9.97 Å². The molecule has 0 saturated carbocycles. The van der Waals surface area contributed by atoms with Gasteiger partial charge in [0, 0.05) is 43.7 Å². The van der Waals surface area contributed by atoms with Crippen LogP contribution in [0.4, 0.5) is 28.4 Å². The highest BCUT2D eigenvalue weighted by Crippen LogP contribution is 2.57. The summed E-state index contributed by atoms with van der Waals surface area (Å²) in [7, 11) is 0. The van der Waals surface area contributed by atoms with E-state index in [1.54, 1.807) is 0 Å². The molecule has 0 amide bonds. The van der Waals surface area contributed by atoms with Crippen LogP contribution in [0.25, 0.3) is 32.9 Å². The monoisotopic (exact) mass is 584 g/mol. The van der Waals surface area contributed by atoms with Crippen LogP contribution in [0.3, 0.4) is 0 Å². The molecule has 0 aliphatic carbocycles. The Balaban J connectivity index is 1.42. The van der Waals surface area contributed by atoms with Gasteiger partial charge in [-0.15, -0.1) is 0 Å². The quantitative estimate of drug-likeness (QED) is 0.189. The van der Waals surface area contributed by atoms with Crippen LogP contribution in [0.1, 0.15) is 24.2 Å². The molecule has 4 nitrogen and oxygen atoms in total. The van der Waals surface area contributed by atoms with Crippen LogP contribution in [0.2, 0.25) is 0 Å². The van der Waals surface area contributed by atoms with Gasteiger partial charge in [-0.25, -0.2) is 0 Å². The molecule has 4 heterocycles. The highest BCUT2D eigenvalue weighted by molar-refractivity contribution is 7.99. The number of para-hydroxylation sites is 3. The Hall–Kier alpha value is -5.13. The SMILES string of the molecule is Cc1ccc2c(N3c4ccccc4-c4ccccc4[C@H]3C)c3ncccc3c(N3c4ccccc4Sc4ccccc43)c2n1. The lowest BCUT2D eigenvalue weighted by Crippen LogP contribution is -2.27. The van der Waals surface area contributed by atoms with Gasteiger partial charge >= 0.3 is 0 Å². The van der Waals surface area contributed by atoms with Crippen LogP contribution in [0, 0.1) is 6.92 Å². The van der Waals surface area contributed by atoms with Crippen LogP contribution in [0.15, 0.2) is 137 Å². The summed E-state index contributed by atoms with van der Waals surface area (Å²) in [5.74, 6) is 0. The van der Waals surface area contributed by atoms with Crippen LogP contribution in [0.5, 0.6) is 0 Å². The molecule has 5 heteroatoms. The van der Waals surface area contributed by atoms with E-state index in [9.17, 15) is 0 Å². The Labute approximate surface area is 260 Å². The first-order chi connectivity index (χ1) is 21.7. The summed E-state index contributed by atoms with van der Waals surface area (Å²) in [6.45, 7) is 4.39. The second kappa shape index (κ2) is 9.69. The van der Waals surface area contributed by atoms with Crippen molar-refractivity contribution in [2.75, 3.05) is 9.80 Å². The number of fused-ring (bicyclic) bond motifs is 7. The fraction of sp³-hybridized carbons (Fsp3) is 0.0769. The molecular weight excluding hydrogens is 557 g/mol. The first-order valence-corrected chi connectivity index (χ1v) is 15.8. The van der Waals surface area contributed by atoms with Gasteiger partial charge in [-0.3, -0.25) is 9.97 Å². The maximum absolute atomic E-state index is 5.32. The molecule has 2 aliphatic rings. The van der Waals surface area contributed by atoms with Crippen LogP contribution in [-0.4, -0.2) is 9.97 Å². The molecule has 1 atom stereocenters. The standard InChI is InChI=1S/C39H28N4S/c1-24-21-22-30-37(41-24)39(43-32-17-7-9-19-34(32)44-35-20-10-8-18-33(35)43)29-15-11-23-40-36(29)38(30)42-25(2)26-12-3-4-13-27(26)28-14-5-6-16-31(28)42/h3-23,25H,1-2H3/t25-/m1/s1. The third-order valence-electron chi connectivity index (χ3n) is 8.95. The zero-order chi connectivity index (χ0) is 29.4. The fourth-order valence-corrected chi connectivity index (χ4v) is 8.12. The summed E-state index contributed by atoms with van der Waals surface area (Å²) in [5.41, 5.74) is 12.4. The number of hydrogen-bond donors (Lipinski definition) is 0. The summed E-state index contributed by atoms with van der Waals surface area (Å²) in [5, 5.41) is 2.17. The highest BCUT2D eigenvalue weighted by atomic mass is 32.2. The summed E-state index contributed by atoms with van der Waals surface area (Å²) in [6, 6.07) is 43.6. The molecule has 7 aromatic rings. The summed E-state index contributed by atoms with van der Waals surface area (Å²) < 4.78 is 0. The first kappa shape index (κ1) is 25.4. The zero-order valence-electron chi connectivity index (χ0n) is 24.4. The van der Waals surface area contributed by atoms with Gasteiger partial charge in [0.15, 0.2) is 0 Å². The molecule has 2 aliphatic heterocycles. The molecule has 0 unspecified atom stereocenters. The van der Waals surface area contributed by atoms with Crippen molar-refractivity contribution in [1.82, 2.24) is 9.97 Å². The topological polar surface area (TPSA) is 32.3 Å². The summed E-state index contributed by atoms with van der Waals surface area (Å²) in [4.78, 5) is 17.8. The lowest BCUT2D eigenvalue weighted by molar-refractivity contribution is 0.770. The van der Waals surface area contributed by atoms with Gasteiger partial charge in [-0.1, -0.05) is 78.5 Å². The van der Waals surface area contributed by atoms with Crippen molar-refractivity contribution < 1.29 is 0 Å². The molecule has 0 fully saturated rings. The van der Waals surface area contributed by atoms with Gasteiger partial charge < -0.3 is 9.80 Å². The van der Waals surface area contributed by atoms with E-state index in [1.165, 1.54) is 32.2 Å². The number of benzene rings is 5. The van der Waals surface area contributed by atoms with Crippen molar-refractivity contribution in [3.63, 3.8) is 0 Å². The molecule has 9 rings (SSSR count). The molecule has 0 radical (unpaired) electrons. The molecule has 2 aromatic heterocycles. The minimum absolute atomic E-state index is 0.0921. The smallest absolute Gasteiger partial charge is 0.0974 e. The zero-order valence-corrected chi connectivity index (χ0v) is 25.2. The number of nitrogens with zero attached hydrogens (tertiary/aromatic N) is 4. The summed E-state index contributed by atoms with van der Waals surface area (Å²) >= 11 is 1.82. The fourth-order valence-electron chi connectivity index (χ4n) is 7.06. The number of pyridine rings is 2. The maximum atomic E-state index is 5.32. The average molecular weight is 585 g/mol. The van der Waals surface area contributed by atoms with E-state index in [-0.39, 0.29) is 6.04 Å². The van der Waals surface area contributed by atoms with E-state index in [2.05, 4.69) is 145 Å². The lowest BCUT2D eigenvalue weighted by Gasteiger charge is -2.40. The molecule has 210 valence electrons. The van der Waals surface area contributed by atoms with Crippen molar-refractivity contribution in [1.29, 1.82) is 0 Å². The molecule has 0 N–H and O–H groups in total. The van der Waals surface area contributed by atoms with Gasteiger partial charge in [0.25, 0.3) is 0 Å². The largest absolute Gasteiger partial charge is 0.331 e.